The molecule has 1 aliphatic rings. The maximum absolute atomic E-state index is 13.0. The fraction of sp³-hybridized carbons (Fsp3) is 0.312. The molecule has 23 heavy (non-hydrogen) atoms. The first-order valence-corrected chi connectivity index (χ1v) is 7.37. The zero-order valence-electron chi connectivity index (χ0n) is 12.7. The van der Waals surface area contributed by atoms with Gasteiger partial charge in [-0.1, -0.05) is 0 Å². The molecule has 0 aliphatic carbocycles. The average Bonchev–Trinajstić information content (AvgIpc) is 2.56. The van der Waals surface area contributed by atoms with Crippen LogP contribution in [0.4, 0.5) is 15.9 Å². The van der Waals surface area contributed by atoms with E-state index in [1.165, 1.54) is 18.5 Å². The van der Waals surface area contributed by atoms with Crippen LogP contribution in [0.25, 0.3) is 0 Å². The molecule has 0 aromatic carbocycles. The van der Waals surface area contributed by atoms with Gasteiger partial charge in [0.05, 0.1) is 6.20 Å². The van der Waals surface area contributed by atoms with Crippen LogP contribution in [0.5, 0.6) is 0 Å². The van der Waals surface area contributed by atoms with Gasteiger partial charge in [-0.3, -0.25) is 0 Å². The molecule has 1 aliphatic heterocycles. The zero-order valence-corrected chi connectivity index (χ0v) is 12.7. The van der Waals surface area contributed by atoms with E-state index in [2.05, 4.69) is 26.7 Å². The molecule has 0 amide bonds. The van der Waals surface area contributed by atoms with Gasteiger partial charge in [-0.15, -0.1) is 0 Å². The molecule has 0 bridgehead atoms. The average molecular weight is 316 g/mol. The number of pyridine rings is 2. The summed E-state index contributed by atoms with van der Waals surface area (Å²) in [6, 6.07) is 6.65. The second-order valence-electron chi connectivity index (χ2n) is 5.53. The van der Waals surface area contributed by atoms with Crippen molar-refractivity contribution in [2.24, 2.45) is 0 Å². The van der Waals surface area contributed by atoms with Gasteiger partial charge in [0.25, 0.3) is 0 Å². The molecule has 0 radical (unpaired) electrons. The van der Waals surface area contributed by atoms with Crippen LogP contribution in [0.3, 0.4) is 0 Å². The summed E-state index contributed by atoms with van der Waals surface area (Å²) >= 11 is 0. The lowest BCUT2D eigenvalue weighted by atomic mass is 10.1. The summed E-state index contributed by atoms with van der Waals surface area (Å²) in [5.74, 6) is -0.633. The number of anilines is 2. The molecule has 3 rings (SSSR count). The monoisotopic (exact) mass is 316 g/mol. The molecule has 1 fully saturated rings. The van der Waals surface area contributed by atoms with Gasteiger partial charge in [-0.2, -0.15) is 0 Å². The molecule has 1 atom stereocenters. The van der Waals surface area contributed by atoms with Gasteiger partial charge in [0.15, 0.2) is 0 Å². The predicted octanol–water partition coefficient (Wildman–Crippen LogP) is 2.03. The zero-order chi connectivity index (χ0) is 16.4. The number of carboxylic acid groups (broad SMARTS) is 1. The van der Waals surface area contributed by atoms with Crippen LogP contribution >= 0.6 is 0 Å². The quantitative estimate of drug-likeness (QED) is 0.934. The van der Waals surface area contributed by atoms with Gasteiger partial charge in [0, 0.05) is 37.6 Å². The minimum Gasteiger partial charge on any atom is -0.477 e. The third-order valence-corrected chi connectivity index (χ3v) is 3.96. The smallest absolute Gasteiger partial charge is 0.354 e. The lowest BCUT2D eigenvalue weighted by Gasteiger charge is -2.41. The number of nitrogens with zero attached hydrogens (tertiary/aromatic N) is 4. The Labute approximate surface area is 133 Å². The molecule has 6 nitrogen and oxygen atoms in total. The van der Waals surface area contributed by atoms with Gasteiger partial charge in [0.1, 0.15) is 17.3 Å². The number of carbonyl (C=O) groups is 1. The van der Waals surface area contributed by atoms with Gasteiger partial charge in [-0.25, -0.2) is 19.2 Å². The minimum atomic E-state index is -1.03. The van der Waals surface area contributed by atoms with Crippen molar-refractivity contribution in [2.45, 2.75) is 13.0 Å². The minimum absolute atomic E-state index is 0.0396. The van der Waals surface area contributed by atoms with Crippen molar-refractivity contribution in [3.63, 3.8) is 0 Å². The molecule has 1 N–H and O–H groups in total. The van der Waals surface area contributed by atoms with Gasteiger partial charge in [0.2, 0.25) is 0 Å². The number of aromatic carboxylic acids is 1. The Bertz CT molecular complexity index is 707. The van der Waals surface area contributed by atoms with Crippen molar-refractivity contribution in [3.8, 4) is 0 Å². The standard InChI is InChI=1S/C16H17FN4O2/c1-11-10-20(13-4-5-18-14(8-13)16(22)23)6-7-21(11)15-3-2-12(17)9-19-15/h2-5,8-9,11H,6-7,10H2,1H3,(H,22,23). The molecule has 1 saturated heterocycles. The number of hydrogen-bond donors (Lipinski definition) is 1. The maximum Gasteiger partial charge on any atom is 0.354 e. The topological polar surface area (TPSA) is 69.6 Å². The van der Waals surface area contributed by atoms with Gasteiger partial charge < -0.3 is 14.9 Å². The Balaban J connectivity index is 1.74. The van der Waals surface area contributed by atoms with E-state index in [0.29, 0.717) is 0 Å². The molecule has 0 saturated carbocycles. The van der Waals surface area contributed by atoms with Crippen LogP contribution in [-0.2, 0) is 0 Å². The van der Waals surface area contributed by atoms with Crippen molar-refractivity contribution in [2.75, 3.05) is 29.4 Å². The first-order valence-electron chi connectivity index (χ1n) is 7.37. The summed E-state index contributed by atoms with van der Waals surface area (Å²) in [6.45, 7) is 4.25. The predicted molar refractivity (Wildman–Crippen MR) is 84.4 cm³/mol. The number of halogens is 1. The largest absolute Gasteiger partial charge is 0.477 e. The van der Waals surface area contributed by atoms with Crippen LogP contribution < -0.4 is 9.80 Å². The Morgan fingerprint density at radius 3 is 2.78 bits per heavy atom. The van der Waals surface area contributed by atoms with E-state index in [9.17, 15) is 9.18 Å². The molecule has 0 spiro atoms. The SMILES string of the molecule is CC1CN(c2ccnc(C(=O)O)c2)CCN1c1ccc(F)cn1. The number of aromatic nitrogens is 2. The van der Waals surface area contributed by atoms with E-state index in [1.807, 2.05) is 6.07 Å². The fourth-order valence-corrected chi connectivity index (χ4v) is 2.80. The number of hydrogen-bond acceptors (Lipinski definition) is 5. The number of piperazine rings is 1. The third kappa shape index (κ3) is 3.23. The molecule has 120 valence electrons. The highest BCUT2D eigenvalue weighted by molar-refractivity contribution is 5.86. The summed E-state index contributed by atoms with van der Waals surface area (Å²) in [6.07, 6.45) is 2.73. The van der Waals surface area contributed by atoms with E-state index in [-0.39, 0.29) is 17.6 Å². The Hall–Kier alpha value is -2.70. The third-order valence-electron chi connectivity index (χ3n) is 3.96. The Kier molecular flexibility index (Phi) is 4.10. The highest BCUT2D eigenvalue weighted by Gasteiger charge is 2.25. The van der Waals surface area contributed by atoms with Crippen molar-refractivity contribution in [1.29, 1.82) is 0 Å². The highest BCUT2D eigenvalue weighted by atomic mass is 19.1. The first kappa shape index (κ1) is 15.2. The Morgan fingerprint density at radius 1 is 1.30 bits per heavy atom. The first-order chi connectivity index (χ1) is 11.0. The fourth-order valence-electron chi connectivity index (χ4n) is 2.80. The molecule has 1 unspecified atom stereocenters. The summed E-state index contributed by atoms with van der Waals surface area (Å²) in [5, 5.41) is 9.04. The van der Waals surface area contributed by atoms with Gasteiger partial charge in [-0.05, 0) is 31.2 Å². The van der Waals surface area contributed by atoms with Gasteiger partial charge >= 0.3 is 5.97 Å². The van der Waals surface area contributed by atoms with Crippen LogP contribution in [0.2, 0.25) is 0 Å². The summed E-state index contributed by atoms with van der Waals surface area (Å²) < 4.78 is 13.0. The van der Waals surface area contributed by atoms with E-state index in [1.54, 1.807) is 12.1 Å². The van der Waals surface area contributed by atoms with E-state index in [4.69, 9.17) is 5.11 Å². The normalized spacial score (nSPS) is 18.1. The van der Waals surface area contributed by atoms with Crippen LogP contribution in [-0.4, -0.2) is 46.7 Å². The van der Waals surface area contributed by atoms with Crippen LogP contribution in [0.15, 0.2) is 36.7 Å². The molecular weight excluding hydrogens is 299 g/mol. The van der Waals surface area contributed by atoms with E-state index < -0.39 is 5.97 Å². The summed E-state index contributed by atoms with van der Waals surface area (Å²) in [5.41, 5.74) is 0.883. The molecule has 2 aromatic rings. The highest BCUT2D eigenvalue weighted by Crippen LogP contribution is 2.23. The van der Waals surface area contributed by atoms with Crippen LogP contribution in [0.1, 0.15) is 17.4 Å². The molecular formula is C16H17FN4O2. The van der Waals surface area contributed by atoms with Crippen molar-refractivity contribution in [1.82, 2.24) is 9.97 Å². The van der Waals surface area contributed by atoms with Crippen LogP contribution in [0, 0.1) is 5.82 Å². The number of carboxylic acids is 1. The van der Waals surface area contributed by atoms with Crippen molar-refractivity contribution >= 4 is 17.5 Å². The van der Waals surface area contributed by atoms with Crippen molar-refractivity contribution in [3.05, 3.63) is 48.2 Å². The summed E-state index contributed by atoms with van der Waals surface area (Å²) in [4.78, 5) is 23.3. The van der Waals surface area contributed by atoms with Crippen molar-refractivity contribution < 1.29 is 14.3 Å². The second-order valence-corrected chi connectivity index (χ2v) is 5.53. The molecule has 2 aromatic heterocycles. The van der Waals surface area contributed by atoms with E-state index >= 15 is 0 Å². The second kappa shape index (κ2) is 6.20. The molecule has 7 heteroatoms. The summed E-state index contributed by atoms with van der Waals surface area (Å²) in [7, 11) is 0. The van der Waals surface area contributed by atoms with E-state index in [0.717, 1.165) is 31.1 Å². The molecule has 3 heterocycles. The lowest BCUT2D eigenvalue weighted by Crippen LogP contribution is -2.52. The lowest BCUT2D eigenvalue weighted by molar-refractivity contribution is 0.0690. The maximum atomic E-state index is 13.0. The number of rotatable bonds is 3. The Morgan fingerprint density at radius 2 is 2.13 bits per heavy atom.